The van der Waals surface area contributed by atoms with Crippen molar-refractivity contribution in [1.82, 2.24) is 0 Å². The molecule has 2 atom stereocenters. The number of quaternary nitrogens is 1. The first-order valence-electron chi connectivity index (χ1n) is 17.4. The molecule has 0 aliphatic carbocycles. The van der Waals surface area contributed by atoms with Gasteiger partial charge in [-0.2, -0.15) is 0 Å². The molecule has 0 spiro atoms. The number of phosphoric ester groups is 1. The van der Waals surface area contributed by atoms with E-state index < -0.39 is 32.5 Å². The lowest BCUT2D eigenvalue weighted by atomic mass is 10.1. The Hall–Kier alpha value is -2.81. The van der Waals surface area contributed by atoms with Crippen molar-refractivity contribution < 1.29 is 42.1 Å². The molecular weight excluding hydrogens is 629 g/mol. The molecule has 10 heteroatoms. The van der Waals surface area contributed by atoms with Crippen LogP contribution in [0, 0.1) is 0 Å². The summed E-state index contributed by atoms with van der Waals surface area (Å²) in [5.74, 6) is -0.924. The zero-order chi connectivity index (χ0) is 35.8. The number of nitrogens with zero attached hydrogens (tertiary/aromatic N) is 1. The van der Waals surface area contributed by atoms with Crippen LogP contribution < -0.4 is 0 Å². The highest BCUT2D eigenvalue weighted by Gasteiger charge is 2.27. The molecule has 0 fully saturated rings. The van der Waals surface area contributed by atoms with E-state index in [1.54, 1.807) is 0 Å². The summed E-state index contributed by atoms with van der Waals surface area (Å²) in [5, 5.41) is 0. The summed E-state index contributed by atoms with van der Waals surface area (Å²) >= 11 is 0. The summed E-state index contributed by atoms with van der Waals surface area (Å²) in [7, 11) is 1.40. The SMILES string of the molecule is CC/C=C/C=C/C=C/C=C/CCCCCC(=O)OC(COC(=O)CCC/C=C/C/C=C/C/C=C/CC)COP(=O)(O)OCC[N+](C)(C)C. The average molecular weight is 693 g/mol. The molecule has 0 bridgehead atoms. The molecule has 48 heavy (non-hydrogen) atoms. The Kier molecular flexibility index (Phi) is 28.5. The summed E-state index contributed by atoms with van der Waals surface area (Å²) < 4.78 is 33.9. The van der Waals surface area contributed by atoms with Crippen molar-refractivity contribution in [3.63, 3.8) is 0 Å². The minimum absolute atomic E-state index is 0.0108. The van der Waals surface area contributed by atoms with Crippen LogP contribution in [0.3, 0.4) is 0 Å². The molecule has 272 valence electrons. The van der Waals surface area contributed by atoms with Crippen LogP contribution in [0.1, 0.15) is 90.9 Å². The van der Waals surface area contributed by atoms with Crippen LogP contribution in [0.4, 0.5) is 0 Å². The van der Waals surface area contributed by atoms with Crippen molar-refractivity contribution in [3.05, 3.63) is 85.1 Å². The predicted octanol–water partition coefficient (Wildman–Crippen LogP) is 8.90. The van der Waals surface area contributed by atoms with Gasteiger partial charge in [0.2, 0.25) is 0 Å². The van der Waals surface area contributed by atoms with Gasteiger partial charge in [-0.1, -0.05) is 105 Å². The molecule has 0 aromatic rings. The van der Waals surface area contributed by atoms with E-state index in [0.717, 1.165) is 51.4 Å². The van der Waals surface area contributed by atoms with E-state index in [1.807, 2.05) is 63.7 Å². The zero-order valence-corrected chi connectivity index (χ0v) is 31.1. The molecule has 0 heterocycles. The second-order valence-electron chi connectivity index (χ2n) is 12.2. The van der Waals surface area contributed by atoms with Gasteiger partial charge >= 0.3 is 19.8 Å². The summed E-state index contributed by atoms with van der Waals surface area (Å²) in [6.07, 6.45) is 36.6. The Morgan fingerprint density at radius 2 is 1.25 bits per heavy atom. The van der Waals surface area contributed by atoms with E-state index in [1.165, 1.54) is 0 Å². The van der Waals surface area contributed by atoms with Gasteiger partial charge in [0.15, 0.2) is 6.10 Å². The normalized spacial score (nSPS) is 14.9. The maximum Gasteiger partial charge on any atom is 0.472 e. The molecule has 2 unspecified atom stereocenters. The van der Waals surface area contributed by atoms with Crippen molar-refractivity contribution in [3.8, 4) is 0 Å². The summed E-state index contributed by atoms with van der Waals surface area (Å²) in [6, 6.07) is 0. The van der Waals surface area contributed by atoms with Crippen LogP contribution in [0.5, 0.6) is 0 Å². The van der Waals surface area contributed by atoms with Gasteiger partial charge in [-0.3, -0.25) is 18.6 Å². The Morgan fingerprint density at radius 3 is 1.92 bits per heavy atom. The fourth-order valence-corrected chi connectivity index (χ4v) is 4.55. The van der Waals surface area contributed by atoms with Crippen LogP contribution in [-0.4, -0.2) is 74.9 Å². The van der Waals surface area contributed by atoms with Crippen molar-refractivity contribution in [2.24, 2.45) is 0 Å². The van der Waals surface area contributed by atoms with Crippen molar-refractivity contribution in [2.75, 3.05) is 47.5 Å². The Balaban J connectivity index is 4.67. The number of carbonyl (C=O) groups excluding carboxylic acids is 2. The lowest BCUT2D eigenvalue weighted by Gasteiger charge is -2.24. The number of hydrogen-bond acceptors (Lipinski definition) is 7. The minimum atomic E-state index is -4.39. The Morgan fingerprint density at radius 1 is 0.667 bits per heavy atom. The van der Waals surface area contributed by atoms with Crippen LogP contribution in [0.15, 0.2) is 85.1 Å². The molecule has 0 saturated carbocycles. The number of allylic oxidation sites excluding steroid dienone is 14. The highest BCUT2D eigenvalue weighted by Crippen LogP contribution is 2.43. The molecule has 0 aliphatic heterocycles. The van der Waals surface area contributed by atoms with E-state index in [2.05, 4.69) is 56.4 Å². The number of hydrogen-bond donors (Lipinski definition) is 1. The standard InChI is InChI=1S/C38H62NO8P/c1-6-8-10-12-14-16-18-19-21-23-25-27-29-31-38(41)47-36(35-46-48(42,43)45-33-32-39(3,4)5)34-44-37(40)30-28-26-24-22-20-17-15-13-11-9-7-2/h8-12,14-19,21-22,24,36H,6-7,13,20,23,25-35H2,1-5H3/p+1/b10-8+,11-9+,14-12+,17-15+,18-16+,21-19+,24-22+. The fourth-order valence-electron chi connectivity index (χ4n) is 3.81. The van der Waals surface area contributed by atoms with E-state index in [4.69, 9.17) is 18.5 Å². The van der Waals surface area contributed by atoms with E-state index >= 15 is 0 Å². The molecule has 0 aromatic carbocycles. The first kappa shape index (κ1) is 45.2. The van der Waals surface area contributed by atoms with Crippen molar-refractivity contribution in [2.45, 2.75) is 97.0 Å². The lowest BCUT2D eigenvalue weighted by Crippen LogP contribution is -2.37. The van der Waals surface area contributed by atoms with Gasteiger partial charge in [0.05, 0.1) is 27.7 Å². The second-order valence-corrected chi connectivity index (χ2v) is 13.7. The lowest BCUT2D eigenvalue weighted by molar-refractivity contribution is -0.870. The third-order valence-electron chi connectivity index (χ3n) is 6.52. The van der Waals surface area contributed by atoms with E-state index in [9.17, 15) is 19.0 Å². The van der Waals surface area contributed by atoms with Crippen LogP contribution in [0.2, 0.25) is 0 Å². The predicted molar refractivity (Wildman–Crippen MR) is 196 cm³/mol. The van der Waals surface area contributed by atoms with Crippen molar-refractivity contribution >= 4 is 19.8 Å². The van der Waals surface area contributed by atoms with E-state index in [0.29, 0.717) is 23.9 Å². The first-order valence-corrected chi connectivity index (χ1v) is 18.9. The molecular formula is C38H63NO8P+. The largest absolute Gasteiger partial charge is 0.472 e. The number of unbranched alkanes of at least 4 members (excludes halogenated alkanes) is 4. The van der Waals surface area contributed by atoms with Crippen LogP contribution in [-0.2, 0) is 32.7 Å². The molecule has 0 saturated heterocycles. The number of ether oxygens (including phenoxy) is 2. The number of rotatable bonds is 29. The van der Waals surface area contributed by atoms with Crippen LogP contribution >= 0.6 is 7.82 Å². The number of esters is 2. The summed E-state index contributed by atoms with van der Waals surface area (Å²) in [4.78, 5) is 35.0. The summed E-state index contributed by atoms with van der Waals surface area (Å²) in [5.41, 5.74) is 0. The van der Waals surface area contributed by atoms with Gasteiger partial charge < -0.3 is 18.9 Å². The molecule has 0 rings (SSSR count). The highest BCUT2D eigenvalue weighted by atomic mass is 31.2. The number of likely N-dealkylation sites (N-methyl/N-ethyl adjacent to an activating group) is 1. The molecule has 0 aromatic heterocycles. The van der Waals surface area contributed by atoms with Gasteiger partial charge in [-0.05, 0) is 57.8 Å². The number of carbonyl (C=O) groups is 2. The molecule has 0 radical (unpaired) electrons. The van der Waals surface area contributed by atoms with Crippen molar-refractivity contribution in [1.29, 1.82) is 0 Å². The summed E-state index contributed by atoms with van der Waals surface area (Å²) in [6.45, 7) is 3.99. The van der Waals surface area contributed by atoms with Gasteiger partial charge in [0.25, 0.3) is 0 Å². The van der Waals surface area contributed by atoms with Gasteiger partial charge in [-0.25, -0.2) is 4.57 Å². The third-order valence-corrected chi connectivity index (χ3v) is 7.50. The molecule has 0 amide bonds. The fraction of sp³-hybridized carbons (Fsp3) is 0.579. The van der Waals surface area contributed by atoms with Gasteiger partial charge in [-0.15, -0.1) is 0 Å². The first-order chi connectivity index (χ1) is 23.0. The number of phosphoric acid groups is 1. The Labute approximate surface area is 291 Å². The second kappa shape index (κ2) is 30.3. The maximum absolute atomic E-state index is 12.6. The van der Waals surface area contributed by atoms with Gasteiger partial charge in [0, 0.05) is 12.8 Å². The van der Waals surface area contributed by atoms with Crippen LogP contribution in [0.25, 0.3) is 0 Å². The highest BCUT2D eigenvalue weighted by molar-refractivity contribution is 7.47. The smallest absolute Gasteiger partial charge is 0.462 e. The molecule has 0 aliphatic rings. The quantitative estimate of drug-likeness (QED) is 0.0207. The third kappa shape index (κ3) is 33.1. The topological polar surface area (TPSA) is 108 Å². The zero-order valence-electron chi connectivity index (χ0n) is 30.2. The van der Waals surface area contributed by atoms with Gasteiger partial charge in [0.1, 0.15) is 19.8 Å². The Bertz CT molecular complexity index is 1100. The van der Waals surface area contributed by atoms with E-state index in [-0.39, 0.29) is 26.1 Å². The minimum Gasteiger partial charge on any atom is -0.462 e. The monoisotopic (exact) mass is 692 g/mol. The molecule has 9 nitrogen and oxygen atoms in total. The average Bonchev–Trinajstić information content (AvgIpc) is 3.02. The molecule has 1 N–H and O–H groups in total. The maximum atomic E-state index is 12.6.